The number of ether oxygens (including phenoxy) is 1. The van der Waals surface area contributed by atoms with Crippen molar-refractivity contribution in [3.8, 4) is 0 Å². The molecule has 4 rings (SSSR count). The topological polar surface area (TPSA) is 140 Å². The predicted octanol–water partition coefficient (Wildman–Crippen LogP) is -0.870. The van der Waals surface area contributed by atoms with E-state index in [1.165, 1.54) is 0 Å². The van der Waals surface area contributed by atoms with E-state index in [9.17, 15) is 24.3 Å². The van der Waals surface area contributed by atoms with E-state index in [-0.39, 0.29) is 24.0 Å². The highest BCUT2D eigenvalue weighted by molar-refractivity contribution is 6.25. The fourth-order valence-electron chi connectivity index (χ4n) is 4.60. The van der Waals surface area contributed by atoms with E-state index >= 15 is 0 Å². The molecule has 0 saturated carbocycles. The van der Waals surface area contributed by atoms with E-state index in [1.54, 1.807) is 25.2 Å². The highest BCUT2D eigenvalue weighted by Gasteiger charge is 2.45. The van der Waals surface area contributed by atoms with Crippen molar-refractivity contribution in [3.05, 3.63) is 29.3 Å². The van der Waals surface area contributed by atoms with E-state index in [0.717, 1.165) is 24.4 Å². The Bertz CT molecular complexity index is 965. The van der Waals surface area contributed by atoms with Gasteiger partial charge in [-0.1, -0.05) is 6.07 Å². The Morgan fingerprint density at radius 3 is 2.82 bits per heavy atom. The quantitative estimate of drug-likeness (QED) is 0.288. The van der Waals surface area contributed by atoms with Crippen molar-refractivity contribution in [1.29, 1.82) is 0 Å². The number of anilines is 1. The third-order valence-corrected chi connectivity index (χ3v) is 6.14. The number of likely N-dealkylation sites (N-methyl/N-ethyl adjacent to an activating group) is 1. The van der Waals surface area contributed by atoms with Crippen molar-refractivity contribution < 1.29 is 29.0 Å². The average molecular weight is 460 g/mol. The van der Waals surface area contributed by atoms with Gasteiger partial charge in [-0.2, -0.15) is 0 Å². The summed E-state index contributed by atoms with van der Waals surface area (Å²) in [6.07, 6.45) is 0.955. The number of amides is 4. The molecule has 4 amide bonds. The van der Waals surface area contributed by atoms with Crippen molar-refractivity contribution in [1.82, 2.24) is 20.4 Å². The number of morpholine rings is 1. The van der Waals surface area contributed by atoms with Crippen LogP contribution in [0, 0.1) is 0 Å². The smallest absolute Gasteiger partial charge is 0.264 e. The third-order valence-electron chi connectivity index (χ3n) is 6.14. The van der Waals surface area contributed by atoms with Gasteiger partial charge in [0.05, 0.1) is 30.8 Å². The first-order chi connectivity index (χ1) is 15.8. The number of imide groups is 2. The highest BCUT2D eigenvalue weighted by atomic mass is 16.6. The molecule has 0 spiro atoms. The number of hydrogen-bond donors (Lipinski definition) is 4. The zero-order chi connectivity index (χ0) is 23.6. The largest absolute Gasteiger partial charge is 0.384 e. The second-order valence-electron chi connectivity index (χ2n) is 8.56. The standard InChI is InChI=1S/C22H29N5O6/c1-23-12-22(32)13-26(10-11-33-22)9-3-8-24-15-5-2-4-14-18(15)21(31)27(20(14)30)16-6-7-17(28)25-19(16)29/h2,4-5,16,23-24,32H,3,6-13H2,1H3,(H,25,28,29)/t16?,22-/m1/s1. The fourth-order valence-corrected chi connectivity index (χ4v) is 4.60. The molecule has 2 atom stereocenters. The number of aliphatic hydroxyl groups is 1. The number of carbonyl (C=O) groups is 4. The summed E-state index contributed by atoms with van der Waals surface area (Å²) in [7, 11) is 1.76. The van der Waals surface area contributed by atoms with Crippen molar-refractivity contribution >= 4 is 29.3 Å². The van der Waals surface area contributed by atoms with Gasteiger partial charge in [0.2, 0.25) is 11.8 Å². The summed E-state index contributed by atoms with van der Waals surface area (Å²) in [5.41, 5.74) is 1.04. The summed E-state index contributed by atoms with van der Waals surface area (Å²) >= 11 is 0. The molecule has 0 aromatic heterocycles. The molecule has 11 nitrogen and oxygen atoms in total. The van der Waals surface area contributed by atoms with Gasteiger partial charge < -0.3 is 20.5 Å². The lowest BCUT2D eigenvalue weighted by molar-refractivity contribution is -0.234. The number of nitrogens with zero attached hydrogens (tertiary/aromatic N) is 2. The van der Waals surface area contributed by atoms with Crippen LogP contribution in [0.3, 0.4) is 0 Å². The number of benzene rings is 1. The van der Waals surface area contributed by atoms with E-state index in [0.29, 0.717) is 31.9 Å². The van der Waals surface area contributed by atoms with Gasteiger partial charge in [0.15, 0.2) is 5.79 Å². The molecule has 4 N–H and O–H groups in total. The average Bonchev–Trinajstić information content (AvgIpc) is 3.02. The van der Waals surface area contributed by atoms with Gasteiger partial charge >= 0.3 is 0 Å². The monoisotopic (exact) mass is 459 g/mol. The van der Waals surface area contributed by atoms with Crippen LogP contribution < -0.4 is 16.0 Å². The molecule has 0 radical (unpaired) electrons. The third kappa shape index (κ3) is 4.76. The van der Waals surface area contributed by atoms with Gasteiger partial charge in [-0.25, -0.2) is 0 Å². The number of piperidine rings is 1. The van der Waals surface area contributed by atoms with Crippen molar-refractivity contribution in [2.24, 2.45) is 0 Å². The van der Waals surface area contributed by atoms with Gasteiger partial charge in [0, 0.05) is 31.7 Å². The fraction of sp³-hybridized carbons (Fsp3) is 0.545. The molecule has 1 aromatic rings. The molecular formula is C22H29N5O6. The Morgan fingerprint density at radius 1 is 1.24 bits per heavy atom. The Balaban J connectivity index is 1.37. The molecule has 0 aliphatic carbocycles. The number of carbonyl (C=O) groups excluding carboxylic acids is 4. The molecule has 178 valence electrons. The maximum Gasteiger partial charge on any atom is 0.264 e. The van der Waals surface area contributed by atoms with Crippen molar-refractivity contribution in [2.45, 2.75) is 31.1 Å². The lowest BCUT2D eigenvalue weighted by atomic mass is 10.0. The minimum Gasteiger partial charge on any atom is -0.384 e. The molecule has 1 aromatic carbocycles. The Kier molecular flexibility index (Phi) is 6.75. The van der Waals surface area contributed by atoms with E-state index in [4.69, 9.17) is 4.74 Å². The van der Waals surface area contributed by atoms with Crippen LogP contribution in [0.15, 0.2) is 18.2 Å². The first-order valence-corrected chi connectivity index (χ1v) is 11.1. The molecule has 3 heterocycles. The van der Waals surface area contributed by atoms with Crippen LogP contribution in [-0.2, 0) is 14.3 Å². The van der Waals surface area contributed by atoms with Gasteiger partial charge in [-0.15, -0.1) is 0 Å². The van der Waals surface area contributed by atoms with Crippen LogP contribution in [0.4, 0.5) is 5.69 Å². The second kappa shape index (κ2) is 9.56. The molecule has 11 heteroatoms. The van der Waals surface area contributed by atoms with Crippen LogP contribution >= 0.6 is 0 Å². The van der Waals surface area contributed by atoms with Gasteiger partial charge in [0.25, 0.3) is 11.8 Å². The number of hydrogen-bond acceptors (Lipinski definition) is 9. The Labute approximate surface area is 191 Å². The van der Waals surface area contributed by atoms with Crippen LogP contribution in [0.2, 0.25) is 0 Å². The van der Waals surface area contributed by atoms with Gasteiger partial charge in [-0.05, 0) is 32.0 Å². The summed E-state index contributed by atoms with van der Waals surface area (Å²) in [5, 5.41) is 18.8. The van der Waals surface area contributed by atoms with Crippen LogP contribution in [-0.4, -0.2) is 96.7 Å². The predicted molar refractivity (Wildman–Crippen MR) is 117 cm³/mol. The van der Waals surface area contributed by atoms with E-state index < -0.39 is 35.5 Å². The minimum absolute atomic E-state index is 0.0832. The first kappa shape index (κ1) is 23.3. The van der Waals surface area contributed by atoms with Crippen LogP contribution in [0.1, 0.15) is 40.0 Å². The van der Waals surface area contributed by atoms with Crippen molar-refractivity contribution in [3.63, 3.8) is 0 Å². The summed E-state index contributed by atoms with van der Waals surface area (Å²) in [4.78, 5) is 52.8. The number of rotatable bonds is 8. The normalized spacial score (nSPS) is 25.9. The van der Waals surface area contributed by atoms with Gasteiger partial charge in [-0.3, -0.25) is 34.3 Å². The molecule has 2 fully saturated rings. The maximum absolute atomic E-state index is 13.1. The molecule has 0 bridgehead atoms. The lowest BCUT2D eigenvalue weighted by Crippen LogP contribution is -2.56. The molecule has 2 saturated heterocycles. The number of β-amino-alcohol motifs (C(OH)–C–C–N with tert-alkyl or cyclic N) is 1. The van der Waals surface area contributed by atoms with Crippen molar-refractivity contribution in [2.75, 3.05) is 51.7 Å². The Hall–Kier alpha value is -2.86. The molecular weight excluding hydrogens is 430 g/mol. The molecule has 3 aliphatic rings. The summed E-state index contributed by atoms with van der Waals surface area (Å²) in [6.45, 7) is 3.20. The summed E-state index contributed by atoms with van der Waals surface area (Å²) < 4.78 is 5.47. The van der Waals surface area contributed by atoms with Crippen LogP contribution in [0.25, 0.3) is 0 Å². The minimum atomic E-state index is -1.20. The van der Waals surface area contributed by atoms with E-state index in [2.05, 4.69) is 20.9 Å². The first-order valence-electron chi connectivity index (χ1n) is 11.1. The SMILES string of the molecule is CNC[C@]1(O)CN(CCCNc2cccc3c2C(=O)N(C2CCC(=O)NC2=O)C3=O)CCO1. The summed E-state index contributed by atoms with van der Waals surface area (Å²) in [6, 6.07) is 4.02. The molecule has 33 heavy (non-hydrogen) atoms. The zero-order valence-electron chi connectivity index (χ0n) is 18.6. The van der Waals surface area contributed by atoms with Crippen LogP contribution in [0.5, 0.6) is 0 Å². The molecule has 3 aliphatic heterocycles. The molecule has 1 unspecified atom stereocenters. The zero-order valence-corrected chi connectivity index (χ0v) is 18.6. The Morgan fingerprint density at radius 2 is 2.06 bits per heavy atom. The number of nitrogens with one attached hydrogen (secondary N) is 3. The van der Waals surface area contributed by atoms with Gasteiger partial charge in [0.1, 0.15) is 6.04 Å². The number of fused-ring (bicyclic) bond motifs is 1. The maximum atomic E-state index is 13.1. The lowest BCUT2D eigenvalue weighted by Gasteiger charge is -2.39. The van der Waals surface area contributed by atoms with E-state index in [1.807, 2.05) is 0 Å². The second-order valence-corrected chi connectivity index (χ2v) is 8.56. The highest BCUT2D eigenvalue weighted by Crippen LogP contribution is 2.32. The summed E-state index contributed by atoms with van der Waals surface area (Å²) in [5.74, 6) is -3.28.